The first-order valence-corrected chi connectivity index (χ1v) is 29.7. The molecule has 0 amide bonds. The Kier molecular flexibility index (Phi) is 33.1. The molecule has 0 spiro atoms. The first-order valence-electron chi connectivity index (χ1n) is 27.4. The van der Waals surface area contributed by atoms with E-state index >= 15 is 0 Å². The van der Waals surface area contributed by atoms with E-state index in [0.29, 0.717) is 0 Å². The van der Waals surface area contributed by atoms with Crippen LogP contribution < -0.4 is 29.5 Å². The maximum absolute atomic E-state index is 6.98. The van der Waals surface area contributed by atoms with Crippen LogP contribution in [0, 0.1) is 6.07 Å². The second-order valence-corrected chi connectivity index (χ2v) is 22.1. The Morgan fingerprint density at radius 2 is 0.449 bits per heavy atom. The van der Waals surface area contributed by atoms with Crippen LogP contribution in [0.2, 0.25) is 0 Å². The van der Waals surface area contributed by atoms with Gasteiger partial charge in [0.05, 0.1) is 7.27 Å². The Bertz CT molecular complexity index is 1890. The van der Waals surface area contributed by atoms with E-state index in [2.05, 4.69) is 158 Å². The summed E-state index contributed by atoms with van der Waals surface area (Å²) >= 11 is 6.98. The van der Waals surface area contributed by atoms with Gasteiger partial charge in [-0.15, -0.1) is 0 Å². The van der Waals surface area contributed by atoms with Gasteiger partial charge in [-0.2, -0.15) is 35.9 Å². The molecule has 0 saturated heterocycles. The smallest absolute Gasteiger partial charge is 0.184 e. The van der Waals surface area contributed by atoms with Crippen molar-refractivity contribution < 1.29 is 18.9 Å². The topological polar surface area (TPSA) is 0 Å². The normalized spacial score (nSPS) is 11.0. The van der Waals surface area contributed by atoms with E-state index < -0.39 is 7.27 Å². The Balaban J connectivity index is 0.000000377. The van der Waals surface area contributed by atoms with Gasteiger partial charge in [-0.1, -0.05) is 279 Å². The molecule has 0 aliphatic rings. The molecule has 0 atom stereocenters. The summed E-state index contributed by atoms with van der Waals surface area (Å²) < 4.78 is 0. The van der Waals surface area contributed by atoms with Crippen LogP contribution in [-0.4, -0.2) is 0 Å². The van der Waals surface area contributed by atoms with Crippen molar-refractivity contribution in [1.82, 2.24) is 0 Å². The number of hydrogen-bond donors (Lipinski definition) is 0. The molecule has 0 saturated carbocycles. The fourth-order valence-electron chi connectivity index (χ4n) is 9.41. The summed E-state index contributed by atoms with van der Waals surface area (Å²) in [5, 5.41) is 2.53. The van der Waals surface area contributed by atoms with Gasteiger partial charge in [0, 0.05) is 0 Å². The Labute approximate surface area is 441 Å². The van der Waals surface area contributed by atoms with Crippen molar-refractivity contribution >= 4 is 29.1 Å². The van der Waals surface area contributed by atoms with E-state index in [4.69, 9.17) is 11.2 Å². The minimum Gasteiger partial charge on any atom is -0.184 e. The van der Waals surface area contributed by atoms with Crippen LogP contribution in [0.25, 0.3) is 0 Å². The zero-order valence-electron chi connectivity index (χ0n) is 43.1. The molecule has 0 nitrogen and oxygen atoms in total. The molecule has 6 rings (SSSR count). The second kappa shape index (κ2) is 39.3. The van der Waals surface area contributed by atoms with Gasteiger partial charge in [-0.3, -0.25) is 0 Å². The van der Waals surface area contributed by atoms with E-state index in [1.807, 2.05) is 12.1 Å². The van der Waals surface area contributed by atoms with Gasteiger partial charge in [0.1, 0.15) is 0 Å². The van der Waals surface area contributed by atoms with Crippen molar-refractivity contribution in [3.05, 3.63) is 203 Å². The average Bonchev–Trinajstić information content (AvgIpc) is 3.39. The van der Waals surface area contributed by atoms with E-state index in [1.54, 1.807) is 0 Å². The van der Waals surface area contributed by atoms with Crippen LogP contribution in [0.15, 0.2) is 164 Å². The SMILES string of the molecule is ClP(c1ccc(CCCCCCCCCCc2ccccc2)cc1)c1ccc(CCCCCCCCCCc2ccccc2)cc1.[Li+].[c-]1ccc(CCCCCCCCCCc2ccccc2)cc1. The summed E-state index contributed by atoms with van der Waals surface area (Å²) in [4.78, 5) is 0. The van der Waals surface area contributed by atoms with Crippen LogP contribution in [-0.2, 0) is 38.5 Å². The molecule has 6 aromatic rings. The molecule has 3 heteroatoms. The molecule has 0 N–H and O–H groups in total. The third kappa shape index (κ3) is 27.7. The maximum Gasteiger partial charge on any atom is 1.00 e. The maximum atomic E-state index is 6.98. The van der Waals surface area contributed by atoms with Gasteiger partial charge in [0.2, 0.25) is 0 Å². The van der Waals surface area contributed by atoms with Crippen molar-refractivity contribution in [1.29, 1.82) is 0 Å². The molecule has 0 aliphatic carbocycles. The van der Waals surface area contributed by atoms with E-state index in [0.717, 1.165) is 0 Å². The van der Waals surface area contributed by atoms with Crippen molar-refractivity contribution in [3.63, 3.8) is 0 Å². The first-order chi connectivity index (χ1) is 33.7. The number of hydrogen-bond acceptors (Lipinski definition) is 0. The minimum absolute atomic E-state index is 0. The molecule has 0 aromatic heterocycles. The van der Waals surface area contributed by atoms with Gasteiger partial charge >= 0.3 is 18.9 Å². The van der Waals surface area contributed by atoms with Crippen molar-refractivity contribution in [2.75, 3.05) is 0 Å². The fourth-order valence-corrected chi connectivity index (χ4v) is 11.2. The van der Waals surface area contributed by atoms with Gasteiger partial charge in [-0.05, 0) is 103 Å². The summed E-state index contributed by atoms with van der Waals surface area (Å²) in [5.74, 6) is 0. The Morgan fingerprint density at radius 3 is 0.696 bits per heavy atom. The molecule has 0 aliphatic heterocycles. The third-order valence-electron chi connectivity index (χ3n) is 13.7. The predicted molar refractivity (Wildman–Crippen MR) is 303 cm³/mol. The summed E-state index contributed by atoms with van der Waals surface area (Å²) in [6, 6.07) is 62.4. The van der Waals surface area contributed by atoms with Gasteiger partial charge in [-0.25, -0.2) is 0 Å². The van der Waals surface area contributed by atoms with Gasteiger partial charge < -0.3 is 0 Å². The second-order valence-electron chi connectivity index (χ2n) is 19.5. The van der Waals surface area contributed by atoms with Crippen LogP contribution in [0.1, 0.15) is 187 Å². The quantitative estimate of drug-likeness (QED) is 0.0161. The molecule has 0 radical (unpaired) electrons. The molecule has 0 heterocycles. The molecule has 69 heavy (non-hydrogen) atoms. The van der Waals surface area contributed by atoms with Crippen LogP contribution in [0.4, 0.5) is 0 Å². The Hall–Kier alpha value is -3.36. The van der Waals surface area contributed by atoms with E-state index in [1.165, 1.54) is 237 Å². The zero-order valence-corrected chi connectivity index (χ0v) is 44.8. The molecule has 364 valence electrons. The summed E-state index contributed by atoms with van der Waals surface area (Å²) in [5.41, 5.74) is 8.80. The molecule has 0 bridgehead atoms. The van der Waals surface area contributed by atoms with E-state index in [9.17, 15) is 0 Å². The average molecular weight is 954 g/mol. The molecule has 6 aromatic carbocycles. The third-order valence-corrected chi connectivity index (χ3v) is 16.4. The van der Waals surface area contributed by atoms with Crippen molar-refractivity contribution in [2.24, 2.45) is 0 Å². The monoisotopic (exact) mass is 953 g/mol. The number of halogens is 1. The predicted octanol–water partition coefficient (Wildman–Crippen LogP) is 16.5. The molecular formula is C66H87ClLiP. The van der Waals surface area contributed by atoms with Crippen LogP contribution in [0.3, 0.4) is 0 Å². The number of benzene rings is 6. The standard InChI is InChI=1S/C44H58ClP.C22H29.Li/c45-46(43-35-31-41(32-36-43)29-17-11-7-3-1-5-9-15-23-39-25-19-13-20-26-39)44-37-33-42(34-38-44)30-18-12-8-4-2-6-10-16-24-40-27-21-14-22-28-40;1(3-5-9-15-21-17-11-7-12-18-21)2-4-6-10-16-22-19-13-8-14-20-22;/h13-14,19-22,25-28,31-38H,1-12,15-18,23-24,29-30H2;7,11-14,17-20H,1-6,9-10,15-16H2;/q;-1;+1. The van der Waals surface area contributed by atoms with Crippen LogP contribution in [0.5, 0.6) is 0 Å². The fraction of sp³-hybridized carbons (Fsp3) is 0.455. The van der Waals surface area contributed by atoms with E-state index in [-0.39, 0.29) is 18.9 Å². The van der Waals surface area contributed by atoms with Crippen molar-refractivity contribution in [3.8, 4) is 0 Å². The summed E-state index contributed by atoms with van der Waals surface area (Å²) in [6.45, 7) is 0. The van der Waals surface area contributed by atoms with Crippen molar-refractivity contribution in [2.45, 2.75) is 193 Å². The number of unbranched alkanes of at least 4 members (excludes halogenated alkanes) is 21. The van der Waals surface area contributed by atoms with Gasteiger partial charge in [0.15, 0.2) is 0 Å². The summed E-state index contributed by atoms with van der Waals surface area (Å²) in [6.07, 6.45) is 40.1. The van der Waals surface area contributed by atoms with Gasteiger partial charge in [0.25, 0.3) is 0 Å². The minimum atomic E-state index is -0.805. The number of rotatable bonds is 35. The number of aryl methyl sites for hydroxylation is 6. The molecule has 0 unspecified atom stereocenters. The molecular weight excluding hydrogens is 866 g/mol. The van der Waals surface area contributed by atoms with Crippen LogP contribution >= 0.6 is 18.5 Å². The molecule has 0 fully saturated rings. The first kappa shape index (κ1) is 58.2. The summed E-state index contributed by atoms with van der Waals surface area (Å²) in [7, 11) is -0.805. The largest absolute Gasteiger partial charge is 1.00 e. The Morgan fingerprint density at radius 1 is 0.246 bits per heavy atom. The zero-order chi connectivity index (χ0) is 47.2.